The van der Waals surface area contributed by atoms with Crippen molar-refractivity contribution in [1.29, 1.82) is 0 Å². The molecular formula is C23H34N4O5. The summed E-state index contributed by atoms with van der Waals surface area (Å²) in [6.45, 7) is 9.22. The molecule has 0 aliphatic carbocycles. The Balaban J connectivity index is 1.19. The zero-order chi connectivity index (χ0) is 22.3. The number of urea groups is 1. The number of likely N-dealkylation sites (tertiary alicyclic amines) is 1. The van der Waals surface area contributed by atoms with Crippen LogP contribution in [0.2, 0.25) is 0 Å². The molecule has 0 spiro atoms. The van der Waals surface area contributed by atoms with E-state index in [4.69, 9.17) is 14.2 Å². The topological polar surface area (TPSA) is 83.6 Å². The minimum absolute atomic E-state index is 0.0829. The largest absolute Gasteiger partial charge is 0.466 e. The van der Waals surface area contributed by atoms with E-state index in [1.807, 2.05) is 11.0 Å². The monoisotopic (exact) mass is 446 g/mol. The lowest BCUT2D eigenvalue weighted by Gasteiger charge is -2.43. The van der Waals surface area contributed by atoms with E-state index >= 15 is 0 Å². The number of carbonyl (C=O) groups is 2. The van der Waals surface area contributed by atoms with Gasteiger partial charge < -0.3 is 24.4 Å². The fourth-order valence-corrected chi connectivity index (χ4v) is 4.64. The Kier molecular flexibility index (Phi) is 7.70. The maximum atomic E-state index is 12.5. The predicted octanol–water partition coefficient (Wildman–Crippen LogP) is 1.66. The van der Waals surface area contributed by atoms with Gasteiger partial charge in [-0.1, -0.05) is 6.07 Å². The summed E-state index contributed by atoms with van der Waals surface area (Å²) in [5, 5.41) is 2.86. The minimum Gasteiger partial charge on any atom is -0.466 e. The molecule has 4 rings (SSSR count). The number of hydrogen-bond donors (Lipinski definition) is 1. The molecule has 2 fully saturated rings. The van der Waals surface area contributed by atoms with Crippen LogP contribution >= 0.6 is 0 Å². The van der Waals surface area contributed by atoms with Crippen molar-refractivity contribution >= 4 is 12.0 Å². The molecule has 3 heterocycles. The molecule has 2 amide bonds. The van der Waals surface area contributed by atoms with E-state index in [1.165, 1.54) is 5.56 Å². The van der Waals surface area contributed by atoms with E-state index in [0.29, 0.717) is 26.0 Å². The van der Waals surface area contributed by atoms with Gasteiger partial charge in [-0.25, -0.2) is 4.79 Å². The standard InChI is InChI=1S/C23H34N4O5/c1-2-30-22(28)7-8-24-23(29)27-9-3-4-19(16-27)26-12-10-25(11-13-26)15-18-5-6-20-21(14-18)32-17-31-20/h5-6,14,19H,2-4,7-13,15-17H2,1H3,(H,24,29)/t19-/m0/s1. The van der Waals surface area contributed by atoms with Gasteiger partial charge in [0.25, 0.3) is 0 Å². The summed E-state index contributed by atoms with van der Waals surface area (Å²) in [6.07, 6.45) is 2.34. The van der Waals surface area contributed by atoms with Gasteiger partial charge in [0.1, 0.15) is 0 Å². The average molecular weight is 447 g/mol. The van der Waals surface area contributed by atoms with Crippen molar-refractivity contribution in [2.45, 2.75) is 38.8 Å². The minimum atomic E-state index is -0.275. The van der Waals surface area contributed by atoms with E-state index in [1.54, 1.807) is 6.92 Å². The van der Waals surface area contributed by atoms with Gasteiger partial charge in [0.2, 0.25) is 6.79 Å². The van der Waals surface area contributed by atoms with Gasteiger partial charge in [0.15, 0.2) is 11.5 Å². The molecule has 0 radical (unpaired) electrons. The summed E-state index contributed by atoms with van der Waals surface area (Å²) in [5.74, 6) is 1.39. The van der Waals surface area contributed by atoms with E-state index in [0.717, 1.165) is 70.2 Å². The van der Waals surface area contributed by atoms with E-state index < -0.39 is 0 Å². The van der Waals surface area contributed by atoms with E-state index in [-0.39, 0.29) is 18.4 Å². The number of hydrogen-bond acceptors (Lipinski definition) is 7. The van der Waals surface area contributed by atoms with E-state index in [9.17, 15) is 9.59 Å². The molecule has 3 aliphatic rings. The molecule has 2 saturated heterocycles. The Morgan fingerprint density at radius 1 is 1.12 bits per heavy atom. The first-order valence-electron chi connectivity index (χ1n) is 11.7. The number of nitrogens with zero attached hydrogens (tertiary/aromatic N) is 3. The molecule has 1 atom stereocenters. The Morgan fingerprint density at radius 3 is 2.75 bits per heavy atom. The van der Waals surface area contributed by atoms with Gasteiger partial charge in [0.05, 0.1) is 13.0 Å². The number of ether oxygens (including phenoxy) is 3. The highest BCUT2D eigenvalue weighted by atomic mass is 16.7. The summed E-state index contributed by atoms with van der Waals surface area (Å²) < 4.78 is 15.8. The number of piperidine rings is 1. The Labute approximate surface area is 189 Å². The van der Waals surface area contributed by atoms with Crippen LogP contribution in [0.15, 0.2) is 18.2 Å². The van der Waals surface area contributed by atoms with Gasteiger partial charge in [-0.3, -0.25) is 14.6 Å². The highest BCUT2D eigenvalue weighted by molar-refractivity contribution is 5.75. The zero-order valence-electron chi connectivity index (χ0n) is 18.9. The van der Waals surface area contributed by atoms with Gasteiger partial charge in [-0.05, 0) is 37.5 Å². The Morgan fingerprint density at radius 2 is 1.94 bits per heavy atom. The zero-order valence-corrected chi connectivity index (χ0v) is 18.9. The fourth-order valence-electron chi connectivity index (χ4n) is 4.64. The van der Waals surface area contributed by atoms with Crippen molar-refractivity contribution < 1.29 is 23.8 Å². The van der Waals surface area contributed by atoms with Crippen LogP contribution in [0.1, 0.15) is 31.7 Å². The molecule has 1 N–H and O–H groups in total. The van der Waals surface area contributed by atoms with Crippen LogP contribution in [0.3, 0.4) is 0 Å². The molecule has 0 aromatic heterocycles. The molecule has 0 bridgehead atoms. The molecule has 176 valence electrons. The highest BCUT2D eigenvalue weighted by Gasteiger charge is 2.30. The average Bonchev–Trinajstić information content (AvgIpc) is 3.28. The van der Waals surface area contributed by atoms with Crippen molar-refractivity contribution in [3.63, 3.8) is 0 Å². The summed E-state index contributed by atoms with van der Waals surface area (Å²) in [4.78, 5) is 30.8. The van der Waals surface area contributed by atoms with Gasteiger partial charge in [-0.2, -0.15) is 0 Å². The third kappa shape index (κ3) is 5.83. The quantitative estimate of drug-likeness (QED) is 0.638. The lowest BCUT2D eigenvalue weighted by molar-refractivity contribution is -0.142. The molecule has 32 heavy (non-hydrogen) atoms. The first kappa shape index (κ1) is 22.7. The normalized spacial score (nSPS) is 21.4. The van der Waals surface area contributed by atoms with Crippen molar-refractivity contribution in [2.24, 2.45) is 0 Å². The lowest BCUT2D eigenvalue weighted by Crippen LogP contribution is -2.56. The summed E-state index contributed by atoms with van der Waals surface area (Å²) >= 11 is 0. The Hall–Kier alpha value is -2.52. The third-order valence-corrected chi connectivity index (χ3v) is 6.36. The highest BCUT2D eigenvalue weighted by Crippen LogP contribution is 2.33. The summed E-state index contributed by atoms with van der Waals surface area (Å²) in [7, 11) is 0. The molecule has 9 nitrogen and oxygen atoms in total. The maximum Gasteiger partial charge on any atom is 0.317 e. The Bertz CT molecular complexity index is 797. The van der Waals surface area contributed by atoms with E-state index in [2.05, 4.69) is 27.2 Å². The first-order chi connectivity index (χ1) is 15.6. The molecule has 1 aromatic rings. The van der Waals surface area contributed by atoms with Crippen LogP contribution in [0.4, 0.5) is 4.79 Å². The molecule has 9 heteroatoms. The molecule has 0 saturated carbocycles. The number of amides is 2. The summed E-state index contributed by atoms with van der Waals surface area (Å²) in [6, 6.07) is 6.49. The first-order valence-corrected chi connectivity index (χ1v) is 11.7. The van der Waals surface area contributed by atoms with Crippen LogP contribution < -0.4 is 14.8 Å². The van der Waals surface area contributed by atoms with Crippen molar-refractivity contribution in [2.75, 3.05) is 59.2 Å². The van der Waals surface area contributed by atoms with Gasteiger partial charge in [-0.15, -0.1) is 0 Å². The number of piperazine rings is 1. The van der Waals surface area contributed by atoms with Gasteiger partial charge in [0, 0.05) is 58.4 Å². The van der Waals surface area contributed by atoms with Crippen molar-refractivity contribution in [3.8, 4) is 11.5 Å². The van der Waals surface area contributed by atoms with Crippen LogP contribution in [-0.4, -0.2) is 92.0 Å². The predicted molar refractivity (Wildman–Crippen MR) is 119 cm³/mol. The number of benzene rings is 1. The lowest BCUT2D eigenvalue weighted by atomic mass is 10.0. The number of fused-ring (bicyclic) bond motifs is 1. The van der Waals surface area contributed by atoms with Crippen LogP contribution in [-0.2, 0) is 16.1 Å². The van der Waals surface area contributed by atoms with Crippen molar-refractivity contribution in [1.82, 2.24) is 20.0 Å². The fraction of sp³-hybridized carbons (Fsp3) is 0.652. The second-order valence-electron chi connectivity index (χ2n) is 8.53. The van der Waals surface area contributed by atoms with Crippen molar-refractivity contribution in [3.05, 3.63) is 23.8 Å². The number of rotatable bonds is 7. The summed E-state index contributed by atoms with van der Waals surface area (Å²) in [5.41, 5.74) is 1.24. The molecule has 3 aliphatic heterocycles. The van der Waals surface area contributed by atoms with Crippen LogP contribution in [0.25, 0.3) is 0 Å². The smallest absolute Gasteiger partial charge is 0.317 e. The number of nitrogens with one attached hydrogen (secondary N) is 1. The SMILES string of the molecule is CCOC(=O)CCNC(=O)N1CCC[C@H](N2CCN(Cc3ccc4c(c3)OCO4)CC2)C1. The van der Waals surface area contributed by atoms with Crippen LogP contribution in [0.5, 0.6) is 11.5 Å². The molecule has 0 unspecified atom stereocenters. The maximum absolute atomic E-state index is 12.5. The molecular weight excluding hydrogens is 412 g/mol. The number of carbonyl (C=O) groups excluding carboxylic acids is 2. The third-order valence-electron chi connectivity index (χ3n) is 6.36. The second-order valence-corrected chi connectivity index (χ2v) is 8.53. The molecule has 1 aromatic carbocycles. The van der Waals surface area contributed by atoms with Crippen LogP contribution in [0, 0.1) is 0 Å². The van der Waals surface area contributed by atoms with Gasteiger partial charge >= 0.3 is 12.0 Å². The number of esters is 1. The second kappa shape index (κ2) is 10.9.